The summed E-state index contributed by atoms with van der Waals surface area (Å²) >= 11 is 0. The Morgan fingerprint density at radius 1 is 0.862 bits per heavy atom. The predicted octanol–water partition coefficient (Wildman–Crippen LogP) is 3.00. The van der Waals surface area contributed by atoms with Crippen molar-refractivity contribution in [3.8, 4) is 11.5 Å². The number of ether oxygens (including phenoxy) is 2. The van der Waals surface area contributed by atoms with E-state index in [0.717, 1.165) is 17.0 Å². The molecule has 0 atom stereocenters. The van der Waals surface area contributed by atoms with Crippen molar-refractivity contribution in [2.24, 2.45) is 0 Å². The molecule has 1 N–H and O–H groups in total. The average molecular weight is 388 g/mol. The number of hydrogen-bond donors (Lipinski definition) is 1. The first-order valence-corrected chi connectivity index (χ1v) is 9.23. The second kappa shape index (κ2) is 8.88. The van der Waals surface area contributed by atoms with Crippen LogP contribution in [-0.4, -0.2) is 27.1 Å². The molecule has 4 aromatic rings. The number of fused-ring (bicyclic) bond motifs is 1. The molecule has 0 spiro atoms. The molecule has 7 nitrogen and oxygen atoms in total. The van der Waals surface area contributed by atoms with Crippen LogP contribution in [0, 0.1) is 0 Å². The van der Waals surface area contributed by atoms with E-state index in [-0.39, 0.29) is 19.1 Å². The smallest absolute Gasteiger partial charge is 0.258 e. The van der Waals surface area contributed by atoms with Gasteiger partial charge in [0.1, 0.15) is 18.1 Å². The average Bonchev–Trinajstić information content (AvgIpc) is 3.19. The molecule has 0 radical (unpaired) electrons. The molecule has 29 heavy (non-hydrogen) atoms. The zero-order valence-electron chi connectivity index (χ0n) is 15.7. The summed E-state index contributed by atoms with van der Waals surface area (Å²) in [6.45, 7) is 0.696. The third kappa shape index (κ3) is 4.90. The number of hydrogen-bond acceptors (Lipinski definition) is 5. The first-order chi connectivity index (χ1) is 14.3. The van der Waals surface area contributed by atoms with Crippen molar-refractivity contribution in [3.05, 3.63) is 90.4 Å². The minimum Gasteiger partial charge on any atom is -0.489 e. The molecular weight excluding hydrogens is 368 g/mol. The molecule has 0 aliphatic carbocycles. The van der Waals surface area contributed by atoms with Gasteiger partial charge in [0.2, 0.25) is 0 Å². The van der Waals surface area contributed by atoms with Gasteiger partial charge in [-0.05, 0) is 42.0 Å². The van der Waals surface area contributed by atoms with Gasteiger partial charge in [-0.3, -0.25) is 9.20 Å². The quantitative estimate of drug-likeness (QED) is 0.502. The van der Waals surface area contributed by atoms with Crippen molar-refractivity contribution < 1.29 is 14.3 Å². The highest BCUT2D eigenvalue weighted by atomic mass is 16.5. The largest absolute Gasteiger partial charge is 0.489 e. The predicted molar refractivity (Wildman–Crippen MR) is 108 cm³/mol. The summed E-state index contributed by atoms with van der Waals surface area (Å²) in [5.74, 6) is 1.76. The zero-order chi connectivity index (χ0) is 19.9. The highest BCUT2D eigenvalue weighted by Crippen LogP contribution is 2.18. The van der Waals surface area contributed by atoms with Gasteiger partial charge in [-0.25, -0.2) is 0 Å². The summed E-state index contributed by atoms with van der Waals surface area (Å²) in [4.78, 5) is 12.1. The van der Waals surface area contributed by atoms with Gasteiger partial charge in [0.15, 0.2) is 18.1 Å². The lowest BCUT2D eigenvalue weighted by molar-refractivity contribution is -0.123. The van der Waals surface area contributed by atoms with Crippen LogP contribution < -0.4 is 14.8 Å². The van der Waals surface area contributed by atoms with Crippen LogP contribution in [0.4, 0.5) is 0 Å². The molecule has 146 valence electrons. The van der Waals surface area contributed by atoms with E-state index in [2.05, 4.69) is 15.5 Å². The van der Waals surface area contributed by atoms with Crippen LogP contribution in [-0.2, 0) is 17.9 Å². The summed E-state index contributed by atoms with van der Waals surface area (Å²) in [6.07, 6.45) is 1.86. The Labute approximate surface area is 167 Å². The highest BCUT2D eigenvalue weighted by molar-refractivity contribution is 5.77. The maximum Gasteiger partial charge on any atom is 0.258 e. The molecule has 4 rings (SSSR count). The number of pyridine rings is 1. The lowest BCUT2D eigenvalue weighted by atomic mass is 10.2. The van der Waals surface area contributed by atoms with E-state index in [4.69, 9.17) is 9.47 Å². The fourth-order valence-corrected chi connectivity index (χ4v) is 2.76. The Morgan fingerprint density at radius 2 is 1.59 bits per heavy atom. The third-order valence-corrected chi connectivity index (χ3v) is 4.27. The first-order valence-electron chi connectivity index (χ1n) is 9.23. The highest BCUT2D eigenvalue weighted by Gasteiger charge is 2.08. The van der Waals surface area contributed by atoms with Gasteiger partial charge >= 0.3 is 0 Å². The van der Waals surface area contributed by atoms with Crippen LogP contribution >= 0.6 is 0 Å². The van der Waals surface area contributed by atoms with Crippen LogP contribution in [0.5, 0.6) is 11.5 Å². The van der Waals surface area contributed by atoms with E-state index in [1.165, 1.54) is 0 Å². The van der Waals surface area contributed by atoms with Gasteiger partial charge in [-0.2, -0.15) is 0 Å². The van der Waals surface area contributed by atoms with E-state index in [1.807, 2.05) is 71.3 Å². The lowest BCUT2D eigenvalue weighted by Gasteiger charge is -2.09. The van der Waals surface area contributed by atoms with Crippen molar-refractivity contribution >= 4 is 11.6 Å². The first kappa shape index (κ1) is 18.5. The third-order valence-electron chi connectivity index (χ3n) is 4.27. The molecule has 0 saturated heterocycles. The van der Waals surface area contributed by atoms with Gasteiger partial charge in [-0.1, -0.05) is 36.4 Å². The molecule has 2 heterocycles. The summed E-state index contributed by atoms with van der Waals surface area (Å²) in [5.41, 5.74) is 1.84. The number of benzene rings is 2. The molecular formula is C22H20N4O3. The number of amides is 1. The number of rotatable bonds is 8. The molecule has 1 amide bonds. The Morgan fingerprint density at radius 3 is 2.38 bits per heavy atom. The van der Waals surface area contributed by atoms with Crippen molar-refractivity contribution in [3.63, 3.8) is 0 Å². The van der Waals surface area contributed by atoms with Gasteiger partial charge in [-0.15, -0.1) is 10.2 Å². The maximum atomic E-state index is 12.1. The number of aromatic nitrogens is 3. The normalized spacial score (nSPS) is 10.6. The topological polar surface area (TPSA) is 77.8 Å². The molecule has 0 saturated carbocycles. The van der Waals surface area contributed by atoms with Crippen LogP contribution in [0.2, 0.25) is 0 Å². The Balaban J connectivity index is 1.23. The molecule has 0 fully saturated rings. The minimum absolute atomic E-state index is 0.0824. The molecule has 7 heteroatoms. The molecule has 0 aliphatic rings. The monoisotopic (exact) mass is 388 g/mol. The van der Waals surface area contributed by atoms with Crippen molar-refractivity contribution in [1.82, 2.24) is 19.9 Å². The van der Waals surface area contributed by atoms with Gasteiger partial charge < -0.3 is 14.8 Å². The SMILES string of the molecule is O=C(COc1ccc(OCc2ccccc2)cc1)NCc1nnc2ccccn12. The second-order valence-corrected chi connectivity index (χ2v) is 6.36. The number of nitrogens with zero attached hydrogens (tertiary/aromatic N) is 3. The van der Waals surface area contributed by atoms with E-state index in [9.17, 15) is 4.79 Å². The summed E-state index contributed by atoms with van der Waals surface area (Å²) in [6, 6.07) is 22.8. The Hall–Kier alpha value is -3.87. The molecule has 0 bridgehead atoms. The summed E-state index contributed by atoms with van der Waals surface area (Å²) < 4.78 is 13.1. The van der Waals surface area contributed by atoms with Crippen LogP contribution in [0.15, 0.2) is 79.0 Å². The zero-order valence-corrected chi connectivity index (χ0v) is 15.7. The van der Waals surface area contributed by atoms with Crippen molar-refractivity contribution in [2.75, 3.05) is 6.61 Å². The molecule has 2 aromatic heterocycles. The fourth-order valence-electron chi connectivity index (χ4n) is 2.76. The van der Waals surface area contributed by atoms with E-state index >= 15 is 0 Å². The fraction of sp³-hybridized carbons (Fsp3) is 0.136. The molecule has 0 aliphatic heterocycles. The van der Waals surface area contributed by atoms with Gasteiger partial charge in [0.25, 0.3) is 5.91 Å². The Kier molecular flexibility index (Phi) is 5.66. The molecule has 2 aromatic carbocycles. The summed E-state index contributed by atoms with van der Waals surface area (Å²) in [7, 11) is 0. The van der Waals surface area contributed by atoms with Crippen molar-refractivity contribution in [1.29, 1.82) is 0 Å². The maximum absolute atomic E-state index is 12.1. The number of nitrogens with one attached hydrogen (secondary N) is 1. The number of carbonyl (C=O) groups is 1. The second-order valence-electron chi connectivity index (χ2n) is 6.36. The lowest BCUT2D eigenvalue weighted by Crippen LogP contribution is -2.29. The van der Waals surface area contributed by atoms with E-state index < -0.39 is 0 Å². The van der Waals surface area contributed by atoms with Crippen LogP contribution in [0.1, 0.15) is 11.4 Å². The van der Waals surface area contributed by atoms with E-state index in [1.54, 1.807) is 12.1 Å². The van der Waals surface area contributed by atoms with Crippen molar-refractivity contribution in [2.45, 2.75) is 13.2 Å². The summed E-state index contributed by atoms with van der Waals surface area (Å²) in [5, 5.41) is 10.9. The van der Waals surface area contributed by atoms with Crippen LogP contribution in [0.3, 0.4) is 0 Å². The standard InChI is InChI=1S/C22H20N4O3/c27-22(23-14-21-25-24-20-8-4-5-13-26(20)21)16-29-19-11-9-18(10-12-19)28-15-17-6-2-1-3-7-17/h1-13H,14-16H2,(H,23,27). The van der Waals surface area contributed by atoms with Crippen LogP contribution in [0.25, 0.3) is 5.65 Å². The van der Waals surface area contributed by atoms with Gasteiger partial charge in [0, 0.05) is 6.20 Å². The van der Waals surface area contributed by atoms with Gasteiger partial charge in [0.05, 0.1) is 6.54 Å². The van der Waals surface area contributed by atoms with E-state index in [0.29, 0.717) is 18.2 Å². The number of carbonyl (C=O) groups excluding carboxylic acids is 1. The minimum atomic E-state index is -0.234. The molecule has 0 unspecified atom stereocenters. The Bertz CT molecular complexity index is 1080.